The molecule has 172 valence electrons. The molecule has 1 aliphatic rings. The lowest BCUT2D eigenvalue weighted by Gasteiger charge is -2.30. The van der Waals surface area contributed by atoms with Gasteiger partial charge in [-0.15, -0.1) is 0 Å². The van der Waals surface area contributed by atoms with E-state index in [9.17, 15) is 36.3 Å². The van der Waals surface area contributed by atoms with Gasteiger partial charge in [0, 0.05) is 19.0 Å². The van der Waals surface area contributed by atoms with Crippen LogP contribution in [0.2, 0.25) is 0 Å². The standard InChI is InChI=1S/C20H20F3N3O5S/c21-20(22,23)14-4-3-5-15(12-14)32(30,31)26-10-8-13(9-11-26)18(28)24-25-19(29)16-6-1-2-7-17(16)27/h1-7,12-13,27H,8-11H2,(H,24,28)(H,25,29). The Kier molecular flexibility index (Phi) is 6.74. The number of alkyl halides is 3. The quantitative estimate of drug-likeness (QED) is 0.592. The SMILES string of the molecule is O=C(NNC(=O)C1CCN(S(=O)(=O)c2cccc(C(F)(F)F)c2)CC1)c1ccccc1O. The van der Waals surface area contributed by atoms with Crippen LogP contribution in [-0.4, -0.2) is 42.7 Å². The summed E-state index contributed by atoms with van der Waals surface area (Å²) in [5, 5.41) is 9.66. The molecular formula is C20H20F3N3O5S. The van der Waals surface area contributed by atoms with E-state index in [0.29, 0.717) is 6.07 Å². The average molecular weight is 471 g/mol. The third-order valence-electron chi connectivity index (χ3n) is 5.07. The van der Waals surface area contributed by atoms with E-state index in [0.717, 1.165) is 22.5 Å². The number of aromatic hydroxyl groups is 1. The Morgan fingerprint density at radius 2 is 1.66 bits per heavy atom. The van der Waals surface area contributed by atoms with E-state index < -0.39 is 44.4 Å². The van der Waals surface area contributed by atoms with E-state index in [1.165, 1.54) is 24.3 Å². The largest absolute Gasteiger partial charge is 0.507 e. The van der Waals surface area contributed by atoms with Crippen molar-refractivity contribution in [3.63, 3.8) is 0 Å². The summed E-state index contributed by atoms with van der Waals surface area (Å²) in [6.45, 7) is -0.131. The van der Waals surface area contributed by atoms with Crippen molar-refractivity contribution in [3.8, 4) is 5.75 Å². The van der Waals surface area contributed by atoms with Crippen molar-refractivity contribution in [2.45, 2.75) is 23.9 Å². The van der Waals surface area contributed by atoms with Crippen LogP contribution in [0.1, 0.15) is 28.8 Å². The number of piperidine rings is 1. The van der Waals surface area contributed by atoms with E-state index in [4.69, 9.17) is 0 Å². The van der Waals surface area contributed by atoms with Gasteiger partial charge in [-0.2, -0.15) is 17.5 Å². The molecule has 8 nitrogen and oxygen atoms in total. The van der Waals surface area contributed by atoms with Gasteiger partial charge < -0.3 is 5.11 Å². The number of halogens is 3. The molecule has 3 N–H and O–H groups in total. The van der Waals surface area contributed by atoms with Crippen LogP contribution in [0.4, 0.5) is 13.2 Å². The van der Waals surface area contributed by atoms with Crippen molar-refractivity contribution in [2.24, 2.45) is 5.92 Å². The highest BCUT2D eigenvalue weighted by atomic mass is 32.2. The molecule has 1 aliphatic heterocycles. The molecule has 0 unspecified atom stereocenters. The predicted molar refractivity (Wildman–Crippen MR) is 107 cm³/mol. The van der Waals surface area contributed by atoms with Crippen LogP contribution in [-0.2, 0) is 21.0 Å². The van der Waals surface area contributed by atoms with Gasteiger partial charge in [0.25, 0.3) is 5.91 Å². The van der Waals surface area contributed by atoms with Crippen LogP contribution in [0, 0.1) is 5.92 Å². The number of nitrogens with zero attached hydrogens (tertiary/aromatic N) is 1. The van der Waals surface area contributed by atoms with Gasteiger partial charge in [-0.3, -0.25) is 20.4 Å². The smallest absolute Gasteiger partial charge is 0.416 e. The zero-order chi connectivity index (χ0) is 23.5. The van der Waals surface area contributed by atoms with Gasteiger partial charge in [-0.1, -0.05) is 18.2 Å². The second-order valence-electron chi connectivity index (χ2n) is 7.16. The summed E-state index contributed by atoms with van der Waals surface area (Å²) < 4.78 is 65.2. The average Bonchev–Trinajstić information content (AvgIpc) is 2.77. The molecule has 2 amide bonds. The lowest BCUT2D eigenvalue weighted by atomic mass is 9.98. The van der Waals surface area contributed by atoms with Gasteiger partial charge in [-0.25, -0.2) is 8.42 Å². The van der Waals surface area contributed by atoms with Gasteiger partial charge in [-0.05, 0) is 43.2 Å². The number of sulfonamides is 1. The molecule has 0 aliphatic carbocycles. The van der Waals surface area contributed by atoms with E-state index in [-0.39, 0.29) is 37.2 Å². The molecule has 0 bridgehead atoms. The molecule has 0 spiro atoms. The number of phenols is 1. The van der Waals surface area contributed by atoms with Crippen LogP contribution in [0.3, 0.4) is 0 Å². The number of hydrazine groups is 1. The minimum atomic E-state index is -4.67. The van der Waals surface area contributed by atoms with E-state index >= 15 is 0 Å². The molecule has 0 radical (unpaired) electrons. The maximum atomic E-state index is 12.9. The second kappa shape index (κ2) is 9.17. The maximum Gasteiger partial charge on any atom is 0.416 e. The summed E-state index contributed by atoms with van der Waals surface area (Å²) in [6, 6.07) is 9.26. The molecule has 0 atom stereocenters. The highest BCUT2D eigenvalue weighted by Crippen LogP contribution is 2.32. The fourth-order valence-corrected chi connectivity index (χ4v) is 4.81. The summed E-state index contributed by atoms with van der Waals surface area (Å²) in [6.07, 6.45) is -4.43. The topological polar surface area (TPSA) is 116 Å². The number of hydrogen-bond donors (Lipinski definition) is 3. The normalized spacial score (nSPS) is 15.8. The van der Waals surface area contributed by atoms with Crippen molar-refractivity contribution in [1.29, 1.82) is 0 Å². The molecule has 1 saturated heterocycles. The highest BCUT2D eigenvalue weighted by Gasteiger charge is 2.35. The minimum Gasteiger partial charge on any atom is -0.507 e. The number of benzene rings is 2. The van der Waals surface area contributed by atoms with Gasteiger partial charge in [0.15, 0.2) is 0 Å². The third-order valence-corrected chi connectivity index (χ3v) is 6.97. The minimum absolute atomic E-state index is 0.0326. The molecular weight excluding hydrogens is 451 g/mol. The van der Waals surface area contributed by atoms with Crippen LogP contribution in [0.5, 0.6) is 5.75 Å². The third kappa shape index (κ3) is 5.19. The van der Waals surface area contributed by atoms with Crippen LogP contribution < -0.4 is 10.9 Å². The Hall–Kier alpha value is -3.12. The lowest BCUT2D eigenvalue weighted by Crippen LogP contribution is -2.48. The zero-order valence-corrected chi connectivity index (χ0v) is 17.4. The van der Waals surface area contributed by atoms with E-state index in [1.807, 2.05) is 0 Å². The van der Waals surface area contributed by atoms with Crippen LogP contribution in [0.25, 0.3) is 0 Å². The van der Waals surface area contributed by atoms with Gasteiger partial charge in [0.1, 0.15) is 5.75 Å². The first-order chi connectivity index (χ1) is 15.0. The number of phenolic OH excluding ortho intramolecular Hbond substituents is 1. The Morgan fingerprint density at radius 3 is 2.28 bits per heavy atom. The number of rotatable bonds is 4. The van der Waals surface area contributed by atoms with Gasteiger partial charge in [0.05, 0.1) is 16.0 Å². The molecule has 3 rings (SSSR count). The molecule has 2 aromatic rings. The summed E-state index contributed by atoms with van der Waals surface area (Å²) in [4.78, 5) is 23.9. The summed E-state index contributed by atoms with van der Waals surface area (Å²) in [5.74, 6) is -2.12. The van der Waals surface area contributed by atoms with Gasteiger partial charge in [0.2, 0.25) is 15.9 Å². The van der Waals surface area contributed by atoms with E-state index in [1.54, 1.807) is 0 Å². The molecule has 12 heteroatoms. The van der Waals surface area contributed by atoms with Crippen molar-refractivity contribution >= 4 is 21.8 Å². The van der Waals surface area contributed by atoms with Crippen LogP contribution in [0.15, 0.2) is 53.4 Å². The predicted octanol–water partition coefficient (Wildman–Crippen LogP) is 2.27. The Balaban J connectivity index is 1.58. The molecule has 1 heterocycles. The van der Waals surface area contributed by atoms with Crippen molar-refractivity contribution in [3.05, 3.63) is 59.7 Å². The molecule has 0 saturated carbocycles. The van der Waals surface area contributed by atoms with E-state index in [2.05, 4.69) is 10.9 Å². The second-order valence-corrected chi connectivity index (χ2v) is 9.10. The number of para-hydroxylation sites is 1. The number of nitrogens with one attached hydrogen (secondary N) is 2. The fourth-order valence-electron chi connectivity index (χ4n) is 3.29. The molecule has 1 fully saturated rings. The van der Waals surface area contributed by atoms with Crippen molar-refractivity contribution < 1.29 is 36.3 Å². The number of hydrogen-bond acceptors (Lipinski definition) is 5. The molecule has 0 aromatic heterocycles. The van der Waals surface area contributed by atoms with Crippen molar-refractivity contribution in [2.75, 3.05) is 13.1 Å². The Labute approximate surface area is 182 Å². The van der Waals surface area contributed by atoms with Crippen molar-refractivity contribution in [1.82, 2.24) is 15.2 Å². The first-order valence-corrected chi connectivity index (χ1v) is 11.0. The molecule has 2 aromatic carbocycles. The summed E-state index contributed by atoms with van der Waals surface area (Å²) in [5.41, 5.74) is 3.34. The Bertz CT molecular complexity index is 1110. The van der Waals surface area contributed by atoms with Crippen LogP contribution >= 0.6 is 0 Å². The number of amides is 2. The summed E-state index contributed by atoms with van der Waals surface area (Å²) in [7, 11) is -4.16. The molecule has 32 heavy (non-hydrogen) atoms. The summed E-state index contributed by atoms with van der Waals surface area (Å²) >= 11 is 0. The maximum absolute atomic E-state index is 12.9. The number of carbonyl (C=O) groups is 2. The first kappa shape index (κ1) is 23.5. The monoisotopic (exact) mass is 471 g/mol. The Morgan fingerprint density at radius 1 is 1.00 bits per heavy atom. The van der Waals surface area contributed by atoms with Gasteiger partial charge >= 0.3 is 6.18 Å². The highest BCUT2D eigenvalue weighted by molar-refractivity contribution is 7.89. The lowest BCUT2D eigenvalue weighted by molar-refractivity contribution is -0.137. The zero-order valence-electron chi connectivity index (χ0n) is 16.6. The number of carbonyl (C=O) groups excluding carboxylic acids is 2. The first-order valence-electron chi connectivity index (χ1n) is 9.56. The fraction of sp³-hybridized carbons (Fsp3) is 0.300.